The summed E-state index contributed by atoms with van der Waals surface area (Å²) in [5.74, 6) is 1.79. The molecule has 1 aromatic heterocycles. The second-order valence-corrected chi connectivity index (χ2v) is 5.31. The highest BCUT2D eigenvalue weighted by Gasteiger charge is 2.26. The summed E-state index contributed by atoms with van der Waals surface area (Å²) in [7, 11) is 0. The van der Waals surface area contributed by atoms with E-state index in [2.05, 4.69) is 20.6 Å². The monoisotopic (exact) mass is 262 g/mol. The van der Waals surface area contributed by atoms with Gasteiger partial charge in [0.1, 0.15) is 11.6 Å². The predicted octanol–water partition coefficient (Wildman–Crippen LogP) is 0.728. The Labute approximate surface area is 111 Å². The Bertz CT molecular complexity index is 532. The molecule has 2 fully saturated rings. The molecular weight excluding hydrogens is 244 g/mol. The van der Waals surface area contributed by atoms with Gasteiger partial charge in [-0.2, -0.15) is 0 Å². The van der Waals surface area contributed by atoms with E-state index in [0.717, 1.165) is 31.5 Å². The van der Waals surface area contributed by atoms with Crippen LogP contribution in [0.3, 0.4) is 0 Å². The lowest BCUT2D eigenvalue weighted by molar-refractivity contribution is -0.120. The Morgan fingerprint density at radius 2 is 2.16 bits per heavy atom. The fourth-order valence-corrected chi connectivity index (χ4v) is 1.95. The zero-order valence-electron chi connectivity index (χ0n) is 10.7. The SMILES string of the molecule is O=C(CCNc1cc(=O)[nH]c(C2CC2)n1)NC1CC1. The number of hydrogen-bond acceptors (Lipinski definition) is 4. The number of amides is 1. The van der Waals surface area contributed by atoms with Crippen LogP contribution in [0.25, 0.3) is 0 Å². The van der Waals surface area contributed by atoms with Crippen molar-refractivity contribution >= 4 is 11.7 Å². The molecule has 0 radical (unpaired) electrons. The van der Waals surface area contributed by atoms with E-state index < -0.39 is 0 Å². The molecule has 0 atom stereocenters. The van der Waals surface area contributed by atoms with Crippen molar-refractivity contribution in [3.05, 3.63) is 22.2 Å². The summed E-state index contributed by atoms with van der Waals surface area (Å²) in [6, 6.07) is 1.83. The maximum absolute atomic E-state index is 11.5. The lowest BCUT2D eigenvalue weighted by Crippen LogP contribution is -2.27. The number of aromatic nitrogens is 2. The van der Waals surface area contributed by atoms with Gasteiger partial charge >= 0.3 is 0 Å². The number of carbonyl (C=O) groups excluding carboxylic acids is 1. The van der Waals surface area contributed by atoms with Crippen molar-refractivity contribution < 1.29 is 4.79 Å². The average Bonchev–Trinajstić information content (AvgIpc) is 3.23. The molecule has 0 spiro atoms. The van der Waals surface area contributed by atoms with E-state index in [4.69, 9.17) is 0 Å². The molecule has 3 rings (SSSR count). The van der Waals surface area contributed by atoms with Crippen LogP contribution in [0.1, 0.15) is 43.8 Å². The van der Waals surface area contributed by atoms with Crippen molar-refractivity contribution in [2.75, 3.05) is 11.9 Å². The Balaban J connectivity index is 1.51. The highest BCUT2D eigenvalue weighted by Crippen LogP contribution is 2.37. The molecule has 6 nitrogen and oxygen atoms in total. The van der Waals surface area contributed by atoms with Gasteiger partial charge in [0.15, 0.2) is 0 Å². The zero-order chi connectivity index (χ0) is 13.2. The molecule has 0 aliphatic heterocycles. The van der Waals surface area contributed by atoms with Crippen LogP contribution in [0.4, 0.5) is 5.82 Å². The lowest BCUT2D eigenvalue weighted by Gasteiger charge is -2.07. The molecule has 1 heterocycles. The van der Waals surface area contributed by atoms with Crippen LogP contribution < -0.4 is 16.2 Å². The van der Waals surface area contributed by atoms with E-state index in [1.165, 1.54) is 6.07 Å². The van der Waals surface area contributed by atoms with Gasteiger partial charge in [0.2, 0.25) is 5.91 Å². The van der Waals surface area contributed by atoms with Crippen LogP contribution in [-0.2, 0) is 4.79 Å². The fraction of sp³-hybridized carbons (Fsp3) is 0.615. The summed E-state index contributed by atoms with van der Waals surface area (Å²) in [6.07, 6.45) is 4.79. The quantitative estimate of drug-likeness (QED) is 0.705. The molecule has 3 N–H and O–H groups in total. The molecule has 0 bridgehead atoms. The van der Waals surface area contributed by atoms with E-state index in [-0.39, 0.29) is 11.5 Å². The van der Waals surface area contributed by atoms with Crippen LogP contribution in [0, 0.1) is 0 Å². The maximum Gasteiger partial charge on any atom is 0.252 e. The van der Waals surface area contributed by atoms with Crippen molar-refractivity contribution in [2.24, 2.45) is 0 Å². The number of rotatable bonds is 6. The van der Waals surface area contributed by atoms with Crippen molar-refractivity contribution in [3.63, 3.8) is 0 Å². The second-order valence-electron chi connectivity index (χ2n) is 5.31. The van der Waals surface area contributed by atoms with Crippen LogP contribution in [0.5, 0.6) is 0 Å². The molecule has 0 saturated heterocycles. The first kappa shape index (κ1) is 12.2. The minimum absolute atomic E-state index is 0.0576. The number of aromatic amines is 1. The molecule has 102 valence electrons. The Morgan fingerprint density at radius 3 is 2.84 bits per heavy atom. The number of nitrogens with zero attached hydrogens (tertiary/aromatic N) is 1. The van der Waals surface area contributed by atoms with Crippen LogP contribution in [0.15, 0.2) is 10.9 Å². The first-order valence-electron chi connectivity index (χ1n) is 6.85. The van der Waals surface area contributed by atoms with Crippen molar-refractivity contribution in [2.45, 2.75) is 44.1 Å². The Kier molecular flexibility index (Phi) is 3.23. The molecule has 1 aromatic rings. The smallest absolute Gasteiger partial charge is 0.252 e. The van der Waals surface area contributed by atoms with E-state index in [0.29, 0.717) is 30.7 Å². The summed E-state index contributed by atoms with van der Waals surface area (Å²) in [5, 5.41) is 5.97. The Morgan fingerprint density at radius 1 is 1.37 bits per heavy atom. The minimum Gasteiger partial charge on any atom is -0.369 e. The number of carbonyl (C=O) groups is 1. The van der Waals surface area contributed by atoms with E-state index >= 15 is 0 Å². The van der Waals surface area contributed by atoms with Gasteiger partial charge in [0.05, 0.1) is 0 Å². The van der Waals surface area contributed by atoms with Gasteiger partial charge < -0.3 is 15.6 Å². The second kappa shape index (κ2) is 5.03. The molecule has 0 unspecified atom stereocenters. The van der Waals surface area contributed by atoms with Gasteiger partial charge in [-0.3, -0.25) is 9.59 Å². The number of hydrogen-bond donors (Lipinski definition) is 3. The Hall–Kier alpha value is -1.85. The van der Waals surface area contributed by atoms with Crippen LogP contribution in [-0.4, -0.2) is 28.5 Å². The molecule has 2 aliphatic rings. The molecule has 1 amide bonds. The van der Waals surface area contributed by atoms with Crippen molar-refractivity contribution in [3.8, 4) is 0 Å². The van der Waals surface area contributed by atoms with Crippen LogP contribution in [0.2, 0.25) is 0 Å². The average molecular weight is 262 g/mol. The first-order chi connectivity index (χ1) is 9.20. The molecule has 2 saturated carbocycles. The third-order valence-electron chi connectivity index (χ3n) is 3.32. The number of nitrogens with one attached hydrogen (secondary N) is 3. The van der Waals surface area contributed by atoms with Gasteiger partial charge in [-0.15, -0.1) is 0 Å². The minimum atomic E-state index is -0.137. The topological polar surface area (TPSA) is 86.9 Å². The van der Waals surface area contributed by atoms with Gasteiger partial charge in [-0.25, -0.2) is 4.98 Å². The standard InChI is InChI=1S/C13H18N4O2/c18-11(15-9-3-4-9)5-6-14-10-7-12(19)17-13(16-10)8-1-2-8/h7-9H,1-6H2,(H,15,18)(H2,14,16,17,19). The van der Waals surface area contributed by atoms with Gasteiger partial charge in [-0.1, -0.05) is 0 Å². The van der Waals surface area contributed by atoms with E-state index in [1.807, 2.05) is 0 Å². The largest absolute Gasteiger partial charge is 0.369 e. The van der Waals surface area contributed by atoms with Gasteiger partial charge in [0, 0.05) is 31.0 Å². The van der Waals surface area contributed by atoms with Gasteiger partial charge in [-0.05, 0) is 25.7 Å². The summed E-state index contributed by atoms with van der Waals surface area (Å²) >= 11 is 0. The normalized spacial score (nSPS) is 18.1. The molecule has 19 heavy (non-hydrogen) atoms. The van der Waals surface area contributed by atoms with E-state index in [9.17, 15) is 9.59 Å². The van der Waals surface area contributed by atoms with Crippen molar-refractivity contribution in [1.29, 1.82) is 0 Å². The lowest BCUT2D eigenvalue weighted by atomic mass is 10.3. The third-order valence-corrected chi connectivity index (χ3v) is 3.32. The number of anilines is 1. The summed E-state index contributed by atoms with van der Waals surface area (Å²) in [5.41, 5.74) is -0.137. The highest BCUT2D eigenvalue weighted by atomic mass is 16.1. The number of H-pyrrole nitrogens is 1. The van der Waals surface area contributed by atoms with Crippen molar-refractivity contribution in [1.82, 2.24) is 15.3 Å². The van der Waals surface area contributed by atoms with Gasteiger partial charge in [0.25, 0.3) is 5.56 Å². The molecule has 2 aliphatic carbocycles. The third kappa shape index (κ3) is 3.56. The summed E-state index contributed by atoms with van der Waals surface area (Å²) < 4.78 is 0. The maximum atomic E-state index is 11.5. The summed E-state index contributed by atoms with van der Waals surface area (Å²) in [4.78, 5) is 30.1. The summed E-state index contributed by atoms with van der Waals surface area (Å²) in [6.45, 7) is 0.499. The van der Waals surface area contributed by atoms with E-state index in [1.54, 1.807) is 0 Å². The molecule has 0 aromatic carbocycles. The zero-order valence-corrected chi connectivity index (χ0v) is 10.7. The molecule has 6 heteroatoms. The first-order valence-corrected chi connectivity index (χ1v) is 6.85. The fourth-order valence-electron chi connectivity index (χ4n) is 1.95. The van der Waals surface area contributed by atoms with Crippen LogP contribution >= 0.6 is 0 Å². The molecular formula is C13H18N4O2. The highest BCUT2D eigenvalue weighted by molar-refractivity contribution is 5.77. The predicted molar refractivity (Wildman–Crippen MR) is 71.1 cm³/mol.